The highest BCUT2D eigenvalue weighted by Crippen LogP contribution is 2.21. The Morgan fingerprint density at radius 1 is 0.821 bits per heavy atom. The average Bonchev–Trinajstić information content (AvgIpc) is 2.74. The number of esters is 2. The normalized spacial score (nSPS) is 10.2. The van der Waals surface area contributed by atoms with Crippen molar-refractivity contribution >= 4 is 11.9 Å². The van der Waals surface area contributed by atoms with E-state index in [1.165, 1.54) is 13.2 Å². The van der Waals surface area contributed by atoms with Gasteiger partial charge in [-0.2, -0.15) is 0 Å². The van der Waals surface area contributed by atoms with Crippen molar-refractivity contribution in [2.75, 3.05) is 13.7 Å². The summed E-state index contributed by atoms with van der Waals surface area (Å²) in [5, 5.41) is 0. The first-order valence-corrected chi connectivity index (χ1v) is 8.83. The predicted octanol–water partition coefficient (Wildman–Crippen LogP) is 4.31. The molecule has 5 heteroatoms. The molecule has 0 unspecified atom stereocenters. The van der Waals surface area contributed by atoms with Crippen LogP contribution < -0.4 is 9.47 Å². The Labute approximate surface area is 163 Å². The van der Waals surface area contributed by atoms with Crippen molar-refractivity contribution in [2.45, 2.75) is 6.42 Å². The van der Waals surface area contributed by atoms with Gasteiger partial charge in [-0.3, -0.25) is 0 Å². The lowest BCUT2D eigenvalue weighted by Gasteiger charge is -2.09. The molecule has 0 aromatic heterocycles. The molecule has 0 radical (unpaired) electrons. The number of hydrogen-bond donors (Lipinski definition) is 0. The molecular formula is C23H20O5. The van der Waals surface area contributed by atoms with Crippen LogP contribution in [0.2, 0.25) is 0 Å². The lowest BCUT2D eigenvalue weighted by atomic mass is 10.2. The molecule has 0 aliphatic rings. The van der Waals surface area contributed by atoms with Crippen LogP contribution in [0.15, 0.2) is 78.9 Å². The second-order valence-corrected chi connectivity index (χ2v) is 5.99. The number of carbonyl (C=O) groups excluding carboxylic acids is 2. The summed E-state index contributed by atoms with van der Waals surface area (Å²) in [5.41, 5.74) is 1.72. The number of benzene rings is 3. The Morgan fingerprint density at radius 3 is 2.36 bits per heavy atom. The van der Waals surface area contributed by atoms with Crippen LogP contribution >= 0.6 is 0 Å². The molecule has 0 aliphatic heterocycles. The third-order valence-corrected chi connectivity index (χ3v) is 4.07. The van der Waals surface area contributed by atoms with Crippen molar-refractivity contribution in [3.8, 4) is 11.5 Å². The molecule has 142 valence electrons. The average molecular weight is 376 g/mol. The van der Waals surface area contributed by atoms with Crippen molar-refractivity contribution in [2.24, 2.45) is 0 Å². The van der Waals surface area contributed by atoms with E-state index in [1.807, 2.05) is 30.3 Å². The number of ether oxygens (including phenoxy) is 3. The minimum atomic E-state index is -0.563. The Balaban J connectivity index is 1.61. The first kappa shape index (κ1) is 19.2. The van der Waals surface area contributed by atoms with E-state index in [1.54, 1.807) is 42.5 Å². The SMILES string of the molecule is COc1ccccc1C(=O)Oc1cccc(C(=O)OCCc2ccccc2)c1. The quantitative estimate of drug-likeness (QED) is 0.454. The summed E-state index contributed by atoms with van der Waals surface area (Å²) in [6, 6.07) is 22.9. The van der Waals surface area contributed by atoms with E-state index < -0.39 is 11.9 Å². The summed E-state index contributed by atoms with van der Waals surface area (Å²) in [6.07, 6.45) is 0.634. The maximum atomic E-state index is 12.4. The van der Waals surface area contributed by atoms with E-state index in [9.17, 15) is 9.59 Å². The van der Waals surface area contributed by atoms with Gasteiger partial charge in [0.05, 0.1) is 19.3 Å². The molecule has 3 rings (SSSR count). The van der Waals surface area contributed by atoms with E-state index in [0.29, 0.717) is 23.3 Å². The molecule has 0 amide bonds. The number of methoxy groups -OCH3 is 1. The minimum absolute atomic E-state index is 0.258. The smallest absolute Gasteiger partial charge is 0.347 e. The van der Waals surface area contributed by atoms with Crippen molar-refractivity contribution in [3.05, 3.63) is 95.6 Å². The Morgan fingerprint density at radius 2 is 1.57 bits per heavy atom. The van der Waals surface area contributed by atoms with Crippen LogP contribution in [0.5, 0.6) is 11.5 Å². The second-order valence-electron chi connectivity index (χ2n) is 5.99. The predicted molar refractivity (Wildman–Crippen MR) is 105 cm³/mol. The van der Waals surface area contributed by atoms with Gasteiger partial charge in [-0.1, -0.05) is 48.5 Å². The van der Waals surface area contributed by atoms with Gasteiger partial charge in [0.25, 0.3) is 0 Å². The maximum absolute atomic E-state index is 12.4. The zero-order valence-electron chi connectivity index (χ0n) is 15.5. The minimum Gasteiger partial charge on any atom is -0.496 e. The van der Waals surface area contributed by atoms with Gasteiger partial charge < -0.3 is 14.2 Å². The van der Waals surface area contributed by atoms with Crippen molar-refractivity contribution in [3.63, 3.8) is 0 Å². The lowest BCUT2D eigenvalue weighted by Crippen LogP contribution is -2.11. The molecule has 0 atom stereocenters. The summed E-state index contributed by atoms with van der Waals surface area (Å²) < 4.78 is 15.9. The van der Waals surface area contributed by atoms with Crippen LogP contribution in [0, 0.1) is 0 Å². The Bertz CT molecular complexity index is 950. The fourth-order valence-corrected chi connectivity index (χ4v) is 2.65. The first-order chi connectivity index (χ1) is 13.7. The molecule has 0 saturated heterocycles. The van der Waals surface area contributed by atoms with Crippen molar-refractivity contribution < 1.29 is 23.8 Å². The second kappa shape index (κ2) is 9.37. The van der Waals surface area contributed by atoms with E-state index >= 15 is 0 Å². The highest BCUT2D eigenvalue weighted by molar-refractivity contribution is 5.94. The first-order valence-electron chi connectivity index (χ1n) is 8.83. The van der Waals surface area contributed by atoms with Gasteiger partial charge >= 0.3 is 11.9 Å². The van der Waals surface area contributed by atoms with E-state index in [2.05, 4.69) is 0 Å². The van der Waals surface area contributed by atoms with Crippen LogP contribution in [-0.2, 0) is 11.2 Å². The molecule has 0 N–H and O–H groups in total. The molecule has 5 nitrogen and oxygen atoms in total. The monoisotopic (exact) mass is 376 g/mol. The third kappa shape index (κ3) is 4.98. The van der Waals surface area contributed by atoms with Gasteiger partial charge in [0, 0.05) is 6.42 Å². The molecule has 3 aromatic rings. The van der Waals surface area contributed by atoms with Gasteiger partial charge in [0.1, 0.15) is 17.1 Å². The maximum Gasteiger partial charge on any atom is 0.347 e. The summed E-state index contributed by atoms with van der Waals surface area (Å²) in [7, 11) is 1.48. The van der Waals surface area contributed by atoms with Gasteiger partial charge in [0.2, 0.25) is 0 Å². The molecule has 0 aliphatic carbocycles. The molecule has 28 heavy (non-hydrogen) atoms. The molecular weight excluding hydrogens is 356 g/mol. The molecule has 0 heterocycles. The topological polar surface area (TPSA) is 61.8 Å². The molecule has 0 saturated carbocycles. The van der Waals surface area contributed by atoms with Gasteiger partial charge in [-0.25, -0.2) is 9.59 Å². The van der Waals surface area contributed by atoms with E-state index in [0.717, 1.165) is 5.56 Å². The highest BCUT2D eigenvalue weighted by Gasteiger charge is 2.15. The summed E-state index contributed by atoms with van der Waals surface area (Å²) in [6.45, 7) is 0.272. The highest BCUT2D eigenvalue weighted by atomic mass is 16.5. The number of rotatable bonds is 7. The zero-order chi connectivity index (χ0) is 19.8. The summed E-state index contributed by atoms with van der Waals surface area (Å²) >= 11 is 0. The third-order valence-electron chi connectivity index (χ3n) is 4.07. The van der Waals surface area contributed by atoms with Crippen LogP contribution in [0.1, 0.15) is 26.3 Å². The fourth-order valence-electron chi connectivity index (χ4n) is 2.65. The van der Waals surface area contributed by atoms with Crippen LogP contribution in [0.25, 0.3) is 0 Å². The Hall–Kier alpha value is -3.60. The van der Waals surface area contributed by atoms with E-state index in [-0.39, 0.29) is 12.4 Å². The molecule has 3 aromatic carbocycles. The number of hydrogen-bond acceptors (Lipinski definition) is 5. The largest absolute Gasteiger partial charge is 0.496 e. The summed E-state index contributed by atoms with van der Waals surface area (Å²) in [4.78, 5) is 24.6. The van der Waals surface area contributed by atoms with Crippen LogP contribution in [0.4, 0.5) is 0 Å². The van der Waals surface area contributed by atoms with E-state index in [4.69, 9.17) is 14.2 Å². The number of para-hydroxylation sites is 1. The van der Waals surface area contributed by atoms with Crippen molar-refractivity contribution in [1.82, 2.24) is 0 Å². The molecule has 0 fully saturated rings. The fraction of sp³-hybridized carbons (Fsp3) is 0.130. The summed E-state index contributed by atoms with van der Waals surface area (Å²) in [5.74, 6) is -0.351. The zero-order valence-corrected chi connectivity index (χ0v) is 15.5. The van der Waals surface area contributed by atoms with Gasteiger partial charge in [0.15, 0.2) is 0 Å². The van der Waals surface area contributed by atoms with Gasteiger partial charge in [-0.15, -0.1) is 0 Å². The number of carbonyl (C=O) groups is 2. The van der Waals surface area contributed by atoms with Gasteiger partial charge in [-0.05, 0) is 35.9 Å². The molecule has 0 spiro atoms. The lowest BCUT2D eigenvalue weighted by molar-refractivity contribution is 0.0507. The van der Waals surface area contributed by atoms with Crippen molar-refractivity contribution in [1.29, 1.82) is 0 Å². The standard InChI is InChI=1S/C23H20O5/c1-26-21-13-6-5-12-20(21)23(25)28-19-11-7-10-18(16-19)22(24)27-15-14-17-8-3-2-4-9-17/h2-13,16H,14-15H2,1H3. The van der Waals surface area contributed by atoms with Crippen LogP contribution in [-0.4, -0.2) is 25.7 Å². The Kier molecular flexibility index (Phi) is 6.41. The molecule has 0 bridgehead atoms. The van der Waals surface area contributed by atoms with Crippen LogP contribution in [0.3, 0.4) is 0 Å².